The number of hydrogen-bond acceptors (Lipinski definition) is 3. The molecule has 0 spiro atoms. The third kappa shape index (κ3) is 2.85. The molecular formula is C17H22N2O3. The van der Waals surface area contributed by atoms with Gasteiger partial charge in [-0.1, -0.05) is 0 Å². The fourth-order valence-corrected chi connectivity index (χ4v) is 3.15. The van der Waals surface area contributed by atoms with Gasteiger partial charge in [0.05, 0.1) is 0 Å². The second kappa shape index (κ2) is 4.80. The summed E-state index contributed by atoms with van der Waals surface area (Å²) in [5.41, 5.74) is 0.725. The van der Waals surface area contributed by atoms with Crippen molar-refractivity contribution < 1.29 is 14.3 Å². The zero-order chi connectivity index (χ0) is 15.3. The van der Waals surface area contributed by atoms with E-state index in [0.717, 1.165) is 5.69 Å². The Kier molecular flexibility index (Phi) is 2.99. The van der Waals surface area contributed by atoms with Gasteiger partial charge in [0.2, 0.25) is 5.79 Å². The number of rotatable bonds is 4. The van der Waals surface area contributed by atoms with Crippen LogP contribution in [0.15, 0.2) is 18.2 Å². The van der Waals surface area contributed by atoms with Crippen molar-refractivity contribution in [1.82, 2.24) is 5.32 Å². The molecule has 4 rings (SSSR count). The zero-order valence-electron chi connectivity index (χ0n) is 13.0. The monoisotopic (exact) mass is 302 g/mol. The Labute approximate surface area is 130 Å². The summed E-state index contributed by atoms with van der Waals surface area (Å²) in [6.07, 6.45) is 5.00. The summed E-state index contributed by atoms with van der Waals surface area (Å²) in [7, 11) is 0. The predicted octanol–water partition coefficient (Wildman–Crippen LogP) is 3.50. The van der Waals surface area contributed by atoms with Crippen molar-refractivity contribution >= 4 is 11.7 Å². The van der Waals surface area contributed by atoms with E-state index in [0.29, 0.717) is 29.4 Å². The summed E-state index contributed by atoms with van der Waals surface area (Å²) >= 11 is 0. The van der Waals surface area contributed by atoms with E-state index in [4.69, 9.17) is 9.47 Å². The Morgan fingerprint density at radius 1 is 1.14 bits per heavy atom. The number of fused-ring (bicyclic) bond motifs is 1. The molecule has 2 N–H and O–H groups in total. The Balaban J connectivity index is 1.40. The van der Waals surface area contributed by atoms with E-state index in [1.807, 2.05) is 32.0 Å². The predicted molar refractivity (Wildman–Crippen MR) is 83.2 cm³/mol. The maximum absolute atomic E-state index is 12.2. The Bertz CT molecular complexity index is 594. The van der Waals surface area contributed by atoms with Crippen LogP contribution in [0.1, 0.15) is 39.5 Å². The number of benzene rings is 1. The lowest BCUT2D eigenvalue weighted by atomic mass is 10.1. The number of ether oxygens (including phenoxy) is 2. The number of carbonyl (C=O) groups is 1. The van der Waals surface area contributed by atoms with Crippen LogP contribution in [-0.4, -0.2) is 17.9 Å². The van der Waals surface area contributed by atoms with Crippen molar-refractivity contribution in [3.63, 3.8) is 0 Å². The van der Waals surface area contributed by atoms with Crippen molar-refractivity contribution in [3.8, 4) is 11.5 Å². The van der Waals surface area contributed by atoms with Gasteiger partial charge in [-0.05, 0) is 49.7 Å². The zero-order valence-corrected chi connectivity index (χ0v) is 13.0. The average molecular weight is 302 g/mol. The van der Waals surface area contributed by atoms with Crippen LogP contribution in [-0.2, 0) is 0 Å². The lowest BCUT2D eigenvalue weighted by molar-refractivity contribution is -0.0431. The highest BCUT2D eigenvalue weighted by Crippen LogP contribution is 2.44. The van der Waals surface area contributed by atoms with E-state index >= 15 is 0 Å². The van der Waals surface area contributed by atoms with Crippen molar-refractivity contribution in [1.29, 1.82) is 0 Å². The summed E-state index contributed by atoms with van der Waals surface area (Å²) in [5.74, 6) is 2.12. The van der Waals surface area contributed by atoms with Gasteiger partial charge in [-0.3, -0.25) is 0 Å². The highest BCUT2D eigenvalue weighted by Gasteiger charge is 2.42. The van der Waals surface area contributed by atoms with Gasteiger partial charge < -0.3 is 20.1 Å². The normalized spacial score (nSPS) is 21.8. The van der Waals surface area contributed by atoms with Crippen LogP contribution in [0, 0.1) is 11.8 Å². The van der Waals surface area contributed by atoms with Crippen molar-refractivity contribution in [2.75, 3.05) is 5.32 Å². The molecule has 0 atom stereocenters. The highest BCUT2D eigenvalue weighted by atomic mass is 16.7. The summed E-state index contributed by atoms with van der Waals surface area (Å²) < 4.78 is 11.3. The summed E-state index contributed by atoms with van der Waals surface area (Å²) in [6, 6.07) is 5.72. The molecule has 0 saturated heterocycles. The van der Waals surface area contributed by atoms with Crippen LogP contribution in [0.5, 0.6) is 11.5 Å². The van der Waals surface area contributed by atoms with Gasteiger partial charge in [-0.25, -0.2) is 4.79 Å². The number of anilines is 1. The second-order valence-corrected chi connectivity index (χ2v) is 7.06. The van der Waals surface area contributed by atoms with E-state index in [9.17, 15) is 4.79 Å². The molecule has 5 heteroatoms. The van der Waals surface area contributed by atoms with Gasteiger partial charge in [0.25, 0.3) is 0 Å². The van der Waals surface area contributed by atoms with Crippen LogP contribution in [0.2, 0.25) is 0 Å². The maximum atomic E-state index is 12.2. The SMILES string of the molecule is CC1(C)Oc2ccc(NC(=O)NC(C3CC3)C3CC3)cc2O1. The number of urea groups is 1. The van der Waals surface area contributed by atoms with E-state index in [1.165, 1.54) is 25.7 Å². The first kappa shape index (κ1) is 13.7. The molecular weight excluding hydrogens is 280 g/mol. The summed E-state index contributed by atoms with van der Waals surface area (Å²) in [6.45, 7) is 3.73. The molecule has 118 valence electrons. The number of nitrogens with one attached hydrogen (secondary N) is 2. The Morgan fingerprint density at radius 2 is 1.77 bits per heavy atom. The maximum Gasteiger partial charge on any atom is 0.319 e. The topological polar surface area (TPSA) is 59.6 Å². The Hall–Kier alpha value is -1.91. The third-order valence-electron chi connectivity index (χ3n) is 4.47. The smallest absolute Gasteiger partial charge is 0.319 e. The molecule has 0 aromatic heterocycles. The van der Waals surface area contributed by atoms with Crippen LogP contribution in [0.25, 0.3) is 0 Å². The third-order valence-corrected chi connectivity index (χ3v) is 4.47. The summed E-state index contributed by atoms with van der Waals surface area (Å²) in [5, 5.41) is 6.06. The molecule has 22 heavy (non-hydrogen) atoms. The molecule has 3 aliphatic rings. The molecule has 2 amide bonds. The van der Waals surface area contributed by atoms with Gasteiger partial charge in [0.15, 0.2) is 11.5 Å². The van der Waals surface area contributed by atoms with E-state index < -0.39 is 5.79 Å². The van der Waals surface area contributed by atoms with Crippen LogP contribution in [0.3, 0.4) is 0 Å². The fraction of sp³-hybridized carbons (Fsp3) is 0.588. The summed E-state index contributed by atoms with van der Waals surface area (Å²) in [4.78, 5) is 12.2. The fourth-order valence-electron chi connectivity index (χ4n) is 3.15. The van der Waals surface area contributed by atoms with Gasteiger partial charge in [0, 0.05) is 31.6 Å². The molecule has 1 aromatic rings. The number of carbonyl (C=O) groups excluding carboxylic acids is 1. The first-order valence-electron chi connectivity index (χ1n) is 8.10. The second-order valence-electron chi connectivity index (χ2n) is 7.06. The highest BCUT2D eigenvalue weighted by molar-refractivity contribution is 5.90. The van der Waals surface area contributed by atoms with Crippen molar-refractivity contribution in [2.24, 2.45) is 11.8 Å². The molecule has 1 aromatic carbocycles. The minimum absolute atomic E-state index is 0.123. The van der Waals surface area contributed by atoms with E-state index in [2.05, 4.69) is 10.6 Å². The van der Waals surface area contributed by atoms with Gasteiger partial charge in [-0.2, -0.15) is 0 Å². The first-order valence-corrected chi connectivity index (χ1v) is 8.10. The molecule has 0 bridgehead atoms. The van der Waals surface area contributed by atoms with Gasteiger partial charge in [-0.15, -0.1) is 0 Å². The van der Waals surface area contributed by atoms with Crippen LogP contribution < -0.4 is 20.1 Å². The van der Waals surface area contributed by atoms with Crippen LogP contribution >= 0.6 is 0 Å². The van der Waals surface area contributed by atoms with Crippen LogP contribution in [0.4, 0.5) is 10.5 Å². The van der Waals surface area contributed by atoms with Gasteiger partial charge >= 0.3 is 6.03 Å². The largest absolute Gasteiger partial charge is 0.449 e. The molecule has 2 aliphatic carbocycles. The quantitative estimate of drug-likeness (QED) is 0.895. The molecule has 0 radical (unpaired) electrons. The average Bonchev–Trinajstić information content (AvgIpc) is 3.33. The molecule has 2 saturated carbocycles. The lowest BCUT2D eigenvalue weighted by Crippen LogP contribution is -2.40. The standard InChI is InChI=1S/C17H22N2O3/c1-17(2)21-13-8-7-12(9-14(13)22-17)18-16(20)19-15(10-3-4-10)11-5-6-11/h7-11,15H,3-6H2,1-2H3,(H2,18,19,20). The van der Waals surface area contributed by atoms with Gasteiger partial charge in [0.1, 0.15) is 0 Å². The minimum Gasteiger partial charge on any atom is -0.449 e. The Morgan fingerprint density at radius 3 is 2.41 bits per heavy atom. The molecule has 1 aliphatic heterocycles. The number of hydrogen-bond donors (Lipinski definition) is 2. The van der Waals surface area contributed by atoms with Crippen molar-refractivity contribution in [2.45, 2.75) is 51.4 Å². The lowest BCUT2D eigenvalue weighted by Gasteiger charge is -2.18. The minimum atomic E-state index is -0.647. The van der Waals surface area contributed by atoms with E-state index in [-0.39, 0.29) is 6.03 Å². The van der Waals surface area contributed by atoms with Crippen molar-refractivity contribution in [3.05, 3.63) is 18.2 Å². The first-order chi connectivity index (χ1) is 10.5. The van der Waals surface area contributed by atoms with E-state index in [1.54, 1.807) is 0 Å². The number of amides is 2. The molecule has 5 nitrogen and oxygen atoms in total. The molecule has 2 fully saturated rings. The molecule has 0 unspecified atom stereocenters. The molecule has 1 heterocycles.